The number of piperazine rings is 1. The number of rotatable bonds is 2. The van der Waals surface area contributed by atoms with Crippen molar-refractivity contribution >= 4 is 11.8 Å². The van der Waals surface area contributed by atoms with Gasteiger partial charge in [-0.1, -0.05) is 12.1 Å². The first-order valence-electron chi connectivity index (χ1n) is 7.50. The highest BCUT2D eigenvalue weighted by molar-refractivity contribution is 5.65. The van der Waals surface area contributed by atoms with Crippen LogP contribution in [0.15, 0.2) is 24.3 Å². The largest absolute Gasteiger partial charge is 0.465 e. The van der Waals surface area contributed by atoms with E-state index in [9.17, 15) is 36.2 Å². The molecule has 2 N–H and O–H groups in total. The highest BCUT2D eigenvalue weighted by atomic mass is 19.4. The fourth-order valence-electron chi connectivity index (χ4n) is 2.90. The Balaban J connectivity index is 2.29. The van der Waals surface area contributed by atoms with E-state index >= 15 is 0 Å². The van der Waals surface area contributed by atoms with Crippen LogP contribution in [0.5, 0.6) is 0 Å². The summed E-state index contributed by atoms with van der Waals surface area (Å²) in [5, 5.41) is 18.3. The summed E-state index contributed by atoms with van der Waals surface area (Å²) in [7, 11) is 0. The standard InChI is InChI=1S/C15H16F6N2O3/c1-9-8-22(12(24)25)6-7-23(9)11-4-2-10(3-5-11)13(26,14(16,17)18)15(19,20)21/h2-5,9,26H,6-8H2,1H3,(H,24,25). The number of amides is 1. The van der Waals surface area contributed by atoms with Crippen LogP contribution < -0.4 is 4.90 Å². The van der Waals surface area contributed by atoms with E-state index in [2.05, 4.69) is 0 Å². The second kappa shape index (κ2) is 6.53. The Kier molecular flexibility index (Phi) is 5.06. The summed E-state index contributed by atoms with van der Waals surface area (Å²) in [6.45, 7) is 2.21. The molecule has 0 aromatic heterocycles. The molecule has 1 unspecified atom stereocenters. The van der Waals surface area contributed by atoms with E-state index in [1.807, 2.05) is 0 Å². The van der Waals surface area contributed by atoms with Crippen molar-refractivity contribution in [2.45, 2.75) is 30.9 Å². The summed E-state index contributed by atoms with van der Waals surface area (Å²) in [4.78, 5) is 13.8. The molecule has 2 rings (SSSR count). The molecule has 0 aliphatic carbocycles. The number of alkyl halides is 6. The SMILES string of the molecule is CC1CN(C(=O)O)CCN1c1ccc(C(O)(C(F)(F)F)C(F)(F)F)cc1. The molecule has 1 aliphatic heterocycles. The van der Waals surface area contributed by atoms with E-state index in [0.717, 1.165) is 12.1 Å². The van der Waals surface area contributed by atoms with Gasteiger partial charge in [0.15, 0.2) is 0 Å². The number of halogens is 6. The summed E-state index contributed by atoms with van der Waals surface area (Å²) in [5.74, 6) is 0. The van der Waals surface area contributed by atoms with Crippen LogP contribution in [0.4, 0.5) is 36.8 Å². The van der Waals surface area contributed by atoms with Gasteiger partial charge < -0.3 is 20.0 Å². The zero-order valence-corrected chi connectivity index (χ0v) is 13.5. The second-order valence-electron chi connectivity index (χ2n) is 6.02. The number of benzene rings is 1. The van der Waals surface area contributed by atoms with Crippen LogP contribution in [0.25, 0.3) is 0 Å². The van der Waals surface area contributed by atoms with Crippen molar-refractivity contribution in [1.82, 2.24) is 4.90 Å². The van der Waals surface area contributed by atoms with Gasteiger partial charge in [-0.2, -0.15) is 26.3 Å². The molecule has 1 aliphatic rings. The molecule has 1 atom stereocenters. The van der Waals surface area contributed by atoms with Gasteiger partial charge in [0.25, 0.3) is 5.60 Å². The third-order valence-corrected chi connectivity index (χ3v) is 4.34. The van der Waals surface area contributed by atoms with Crippen molar-refractivity contribution in [2.75, 3.05) is 24.5 Å². The number of hydrogen-bond acceptors (Lipinski definition) is 3. The number of carbonyl (C=O) groups is 1. The van der Waals surface area contributed by atoms with Crippen molar-refractivity contribution in [2.24, 2.45) is 0 Å². The van der Waals surface area contributed by atoms with Crippen molar-refractivity contribution in [3.63, 3.8) is 0 Å². The van der Waals surface area contributed by atoms with E-state index in [0.29, 0.717) is 17.8 Å². The molecule has 1 heterocycles. The van der Waals surface area contributed by atoms with E-state index in [1.165, 1.54) is 4.90 Å². The van der Waals surface area contributed by atoms with Crippen LogP contribution in [-0.4, -0.2) is 59.2 Å². The average Bonchev–Trinajstić information content (AvgIpc) is 2.52. The first-order chi connectivity index (χ1) is 11.8. The van der Waals surface area contributed by atoms with Gasteiger partial charge in [-0.15, -0.1) is 0 Å². The minimum absolute atomic E-state index is 0.145. The van der Waals surface area contributed by atoms with Gasteiger partial charge in [0.2, 0.25) is 0 Å². The molecule has 146 valence electrons. The van der Waals surface area contributed by atoms with E-state index in [4.69, 9.17) is 5.11 Å². The van der Waals surface area contributed by atoms with Crippen LogP contribution >= 0.6 is 0 Å². The molecule has 0 spiro atoms. The topological polar surface area (TPSA) is 64.0 Å². The molecular weight excluding hydrogens is 370 g/mol. The van der Waals surface area contributed by atoms with Gasteiger partial charge in [-0.25, -0.2) is 4.79 Å². The van der Waals surface area contributed by atoms with Gasteiger partial charge in [-0.05, 0) is 19.1 Å². The smallest absolute Gasteiger partial charge is 0.430 e. The highest BCUT2D eigenvalue weighted by Gasteiger charge is 2.71. The fourth-order valence-corrected chi connectivity index (χ4v) is 2.90. The molecule has 26 heavy (non-hydrogen) atoms. The van der Waals surface area contributed by atoms with Crippen LogP contribution in [0, 0.1) is 0 Å². The van der Waals surface area contributed by atoms with E-state index in [1.54, 1.807) is 11.8 Å². The lowest BCUT2D eigenvalue weighted by atomic mass is 9.92. The fraction of sp³-hybridized carbons (Fsp3) is 0.533. The third-order valence-electron chi connectivity index (χ3n) is 4.34. The van der Waals surface area contributed by atoms with E-state index in [-0.39, 0.29) is 25.7 Å². The molecule has 0 saturated carbocycles. The predicted molar refractivity (Wildman–Crippen MR) is 78.9 cm³/mol. The minimum Gasteiger partial charge on any atom is -0.465 e. The van der Waals surface area contributed by atoms with Gasteiger partial charge >= 0.3 is 18.4 Å². The van der Waals surface area contributed by atoms with Crippen LogP contribution in [-0.2, 0) is 5.60 Å². The van der Waals surface area contributed by atoms with Crippen LogP contribution in [0.3, 0.4) is 0 Å². The first kappa shape index (κ1) is 20.1. The van der Waals surface area contributed by atoms with Crippen molar-refractivity contribution in [3.8, 4) is 0 Å². The molecule has 11 heteroatoms. The monoisotopic (exact) mass is 386 g/mol. The maximum absolute atomic E-state index is 12.9. The number of hydrogen-bond donors (Lipinski definition) is 2. The number of carboxylic acid groups (broad SMARTS) is 1. The number of nitrogens with zero attached hydrogens (tertiary/aromatic N) is 2. The maximum atomic E-state index is 12.9. The zero-order chi connectivity index (χ0) is 19.9. The van der Waals surface area contributed by atoms with E-state index < -0.39 is 29.6 Å². The Labute approximate surface area is 144 Å². The Morgan fingerprint density at radius 3 is 1.92 bits per heavy atom. The van der Waals surface area contributed by atoms with Crippen molar-refractivity contribution < 1.29 is 41.4 Å². The Hall–Kier alpha value is -2.17. The molecule has 1 fully saturated rings. The summed E-state index contributed by atoms with van der Waals surface area (Å²) in [6.07, 6.45) is -13.0. The lowest BCUT2D eigenvalue weighted by Gasteiger charge is -2.40. The first-order valence-corrected chi connectivity index (χ1v) is 7.50. The van der Waals surface area contributed by atoms with Crippen LogP contribution in [0.1, 0.15) is 12.5 Å². The van der Waals surface area contributed by atoms with Gasteiger partial charge in [-0.3, -0.25) is 0 Å². The molecule has 1 saturated heterocycles. The lowest BCUT2D eigenvalue weighted by Crippen LogP contribution is -2.54. The maximum Gasteiger partial charge on any atom is 0.430 e. The molecule has 1 aromatic carbocycles. The molecule has 5 nitrogen and oxygen atoms in total. The van der Waals surface area contributed by atoms with Gasteiger partial charge in [0.1, 0.15) is 0 Å². The predicted octanol–water partition coefficient (Wildman–Crippen LogP) is 3.19. The third kappa shape index (κ3) is 3.39. The van der Waals surface area contributed by atoms with Crippen molar-refractivity contribution in [1.29, 1.82) is 0 Å². The summed E-state index contributed by atoms with van der Waals surface area (Å²) in [5.41, 5.74) is -5.97. The average molecular weight is 386 g/mol. The summed E-state index contributed by atoms with van der Waals surface area (Å²) in [6, 6.07) is 2.92. The number of anilines is 1. The Morgan fingerprint density at radius 1 is 1.04 bits per heavy atom. The normalized spacial score (nSPS) is 19.6. The number of aliphatic hydroxyl groups is 1. The van der Waals surface area contributed by atoms with Crippen molar-refractivity contribution in [3.05, 3.63) is 29.8 Å². The summed E-state index contributed by atoms with van der Waals surface area (Å²) >= 11 is 0. The van der Waals surface area contributed by atoms with Gasteiger partial charge in [0.05, 0.1) is 0 Å². The molecule has 1 aromatic rings. The highest BCUT2D eigenvalue weighted by Crippen LogP contribution is 2.50. The molecule has 0 bridgehead atoms. The molecule has 1 amide bonds. The molecule has 0 radical (unpaired) electrons. The zero-order valence-electron chi connectivity index (χ0n) is 13.5. The summed E-state index contributed by atoms with van der Waals surface area (Å²) < 4.78 is 77.3. The second-order valence-corrected chi connectivity index (χ2v) is 6.02. The Bertz CT molecular complexity index is 645. The quantitative estimate of drug-likeness (QED) is 0.767. The molecular formula is C15H16F6N2O3. The lowest BCUT2D eigenvalue weighted by molar-refractivity contribution is -0.376. The van der Waals surface area contributed by atoms with Gasteiger partial charge in [0, 0.05) is 36.9 Å². The minimum atomic E-state index is -5.94. The van der Waals surface area contributed by atoms with Crippen LogP contribution in [0.2, 0.25) is 0 Å². The Morgan fingerprint density at radius 2 is 1.54 bits per heavy atom.